The smallest absolute Gasteiger partial charge is 0.212 e. The summed E-state index contributed by atoms with van der Waals surface area (Å²) in [5.41, 5.74) is 10.5. The number of nitrogens with zero attached hydrogens (tertiary/aromatic N) is 4. The minimum Gasteiger partial charge on any atom is -0.497 e. The van der Waals surface area contributed by atoms with Gasteiger partial charge in [-0.15, -0.1) is 0 Å². The van der Waals surface area contributed by atoms with E-state index in [0.29, 0.717) is 23.7 Å². The zero-order chi connectivity index (χ0) is 20.4. The van der Waals surface area contributed by atoms with Crippen LogP contribution >= 0.6 is 0 Å². The van der Waals surface area contributed by atoms with E-state index in [-0.39, 0.29) is 0 Å². The van der Waals surface area contributed by atoms with Crippen molar-refractivity contribution in [1.29, 1.82) is 0 Å². The molecule has 0 spiro atoms. The second kappa shape index (κ2) is 7.58. The van der Waals surface area contributed by atoms with Crippen LogP contribution < -0.4 is 26.1 Å². The number of hydrogen-bond acceptors (Lipinski definition) is 7. The predicted octanol–water partition coefficient (Wildman–Crippen LogP) is 1.72. The molecule has 1 aliphatic rings. The molecule has 0 fully saturated rings. The molecule has 146 valence electrons. The molecule has 0 amide bonds. The van der Waals surface area contributed by atoms with E-state index < -0.39 is 0 Å². The van der Waals surface area contributed by atoms with Crippen LogP contribution in [-0.2, 0) is 6.42 Å². The Bertz CT molecular complexity index is 1140. The first-order chi connectivity index (χ1) is 14.1. The van der Waals surface area contributed by atoms with E-state index in [0.717, 1.165) is 28.3 Å². The van der Waals surface area contributed by atoms with Crippen LogP contribution in [-0.4, -0.2) is 28.8 Å². The number of pyridine rings is 1. The van der Waals surface area contributed by atoms with Crippen LogP contribution in [0, 0.1) is 11.8 Å². The van der Waals surface area contributed by atoms with Crippen LogP contribution in [0.1, 0.15) is 17.0 Å². The monoisotopic (exact) mass is 388 g/mol. The summed E-state index contributed by atoms with van der Waals surface area (Å²) in [6.07, 6.45) is 5.38. The van der Waals surface area contributed by atoms with Gasteiger partial charge in [-0.3, -0.25) is 9.58 Å². The molecule has 0 saturated carbocycles. The van der Waals surface area contributed by atoms with E-state index in [1.54, 1.807) is 37.8 Å². The number of imidazole rings is 1. The maximum absolute atomic E-state index is 6.35. The molecule has 1 aliphatic heterocycles. The lowest BCUT2D eigenvalue weighted by molar-refractivity contribution is 0.398. The summed E-state index contributed by atoms with van der Waals surface area (Å²) in [5, 5.41) is 1.56. The molecule has 8 heteroatoms. The minimum absolute atomic E-state index is 0.481. The number of nitrogens with two attached hydrogens (primary N) is 2. The van der Waals surface area contributed by atoms with Gasteiger partial charge in [0.25, 0.3) is 0 Å². The second-order valence-electron chi connectivity index (χ2n) is 6.31. The quantitative estimate of drug-likeness (QED) is 0.509. The molecule has 3 heterocycles. The van der Waals surface area contributed by atoms with E-state index in [2.05, 4.69) is 21.8 Å². The Hall–Kier alpha value is -3.96. The lowest BCUT2D eigenvalue weighted by atomic mass is 10.2. The molecule has 2 aromatic heterocycles. The van der Waals surface area contributed by atoms with Gasteiger partial charge in [0.1, 0.15) is 17.8 Å². The number of methoxy groups -OCH3 is 2. The Morgan fingerprint density at radius 2 is 1.93 bits per heavy atom. The largest absolute Gasteiger partial charge is 0.497 e. The number of fused-ring (bicyclic) bond motifs is 3. The maximum atomic E-state index is 6.35. The van der Waals surface area contributed by atoms with Crippen LogP contribution in [0.4, 0.5) is 5.69 Å². The molecule has 1 aromatic carbocycles. The van der Waals surface area contributed by atoms with Crippen LogP contribution in [0.5, 0.6) is 11.6 Å². The maximum Gasteiger partial charge on any atom is 0.212 e. The van der Waals surface area contributed by atoms with Gasteiger partial charge in [0.2, 0.25) is 5.88 Å². The zero-order valence-corrected chi connectivity index (χ0v) is 16.1. The molecule has 4 rings (SSSR count). The Balaban J connectivity index is 1.79. The van der Waals surface area contributed by atoms with Crippen LogP contribution in [0.15, 0.2) is 54.8 Å². The minimum atomic E-state index is 0.481. The van der Waals surface area contributed by atoms with Gasteiger partial charge in [-0.05, 0) is 24.1 Å². The Labute approximate surface area is 168 Å². The van der Waals surface area contributed by atoms with E-state index >= 15 is 0 Å². The van der Waals surface area contributed by atoms with Gasteiger partial charge in [-0.1, -0.05) is 5.92 Å². The fraction of sp³-hybridized carbons (Fsp3) is 0.143. The first-order valence-electron chi connectivity index (χ1n) is 8.87. The van der Waals surface area contributed by atoms with Crippen LogP contribution in [0.3, 0.4) is 0 Å². The van der Waals surface area contributed by atoms with Crippen LogP contribution in [0.2, 0.25) is 0 Å². The van der Waals surface area contributed by atoms with E-state index in [1.165, 1.54) is 6.20 Å². The molecule has 4 N–H and O–H groups in total. The third kappa shape index (κ3) is 3.35. The average molecular weight is 388 g/mol. The molecule has 0 atom stereocenters. The Morgan fingerprint density at radius 1 is 1.07 bits per heavy atom. The van der Waals surface area contributed by atoms with Crippen molar-refractivity contribution < 1.29 is 9.47 Å². The van der Waals surface area contributed by atoms with Crippen molar-refractivity contribution in [2.45, 2.75) is 6.42 Å². The molecule has 29 heavy (non-hydrogen) atoms. The lowest BCUT2D eigenvalue weighted by Crippen LogP contribution is -2.31. The van der Waals surface area contributed by atoms with Gasteiger partial charge in [0, 0.05) is 36.5 Å². The van der Waals surface area contributed by atoms with Crippen molar-refractivity contribution in [3.05, 3.63) is 71.7 Å². The fourth-order valence-electron chi connectivity index (χ4n) is 3.14. The first-order valence-corrected chi connectivity index (χ1v) is 8.87. The van der Waals surface area contributed by atoms with Gasteiger partial charge in [0.15, 0.2) is 0 Å². The molecular weight excluding hydrogens is 368 g/mol. The van der Waals surface area contributed by atoms with Gasteiger partial charge in [-0.25, -0.2) is 15.8 Å². The summed E-state index contributed by atoms with van der Waals surface area (Å²) in [6.45, 7) is 0. The third-order valence-electron chi connectivity index (χ3n) is 4.69. The molecule has 0 saturated heterocycles. The molecule has 3 aromatic rings. The zero-order valence-electron chi connectivity index (χ0n) is 16.1. The second-order valence-corrected chi connectivity index (χ2v) is 6.31. The number of allylic oxidation sites excluding steroid dienone is 1. The van der Waals surface area contributed by atoms with Crippen molar-refractivity contribution in [3.8, 4) is 29.2 Å². The highest BCUT2D eigenvalue weighted by atomic mass is 16.5. The predicted molar refractivity (Wildman–Crippen MR) is 110 cm³/mol. The average Bonchev–Trinajstić information content (AvgIpc) is 3.12. The highest BCUT2D eigenvalue weighted by Crippen LogP contribution is 2.34. The number of ether oxygens (including phenoxy) is 2. The van der Waals surface area contributed by atoms with Gasteiger partial charge in [-0.2, -0.15) is 0 Å². The van der Waals surface area contributed by atoms with Crippen molar-refractivity contribution in [1.82, 2.24) is 14.5 Å². The molecule has 0 unspecified atom stereocenters. The Morgan fingerprint density at radius 3 is 2.62 bits per heavy atom. The molecule has 0 aliphatic carbocycles. The molecule has 0 bridgehead atoms. The van der Waals surface area contributed by atoms with Crippen LogP contribution in [0.25, 0.3) is 5.69 Å². The number of aromatic nitrogens is 3. The van der Waals surface area contributed by atoms with E-state index in [4.69, 9.17) is 21.1 Å². The van der Waals surface area contributed by atoms with E-state index in [9.17, 15) is 0 Å². The highest BCUT2D eigenvalue weighted by molar-refractivity contribution is 5.70. The topological polar surface area (TPSA) is 104 Å². The standard InChI is InChI=1S/C21H20N6O2/c1-28-16-5-7-18-20(10-16)27(23)15(11-22)9-19-17(25-13-26(18)19)6-3-14-4-8-21(29-2)24-12-14/h4-5,7-8,10-13H,9,22-23H2,1-2H3/b15-11-. The summed E-state index contributed by atoms with van der Waals surface area (Å²) in [5.74, 6) is 13.8. The highest BCUT2D eigenvalue weighted by Gasteiger charge is 2.24. The van der Waals surface area contributed by atoms with Crippen molar-refractivity contribution in [3.63, 3.8) is 0 Å². The molecular formula is C21H20N6O2. The number of rotatable bonds is 2. The summed E-state index contributed by atoms with van der Waals surface area (Å²) < 4.78 is 12.4. The number of hydrogen-bond donors (Lipinski definition) is 2. The lowest BCUT2D eigenvalue weighted by Gasteiger charge is -2.21. The number of benzene rings is 1. The van der Waals surface area contributed by atoms with Gasteiger partial charge >= 0.3 is 0 Å². The molecule has 0 radical (unpaired) electrons. The number of hydrazine groups is 1. The first kappa shape index (κ1) is 18.4. The summed E-state index contributed by atoms with van der Waals surface area (Å²) in [7, 11) is 3.19. The summed E-state index contributed by atoms with van der Waals surface area (Å²) in [6, 6.07) is 9.29. The summed E-state index contributed by atoms with van der Waals surface area (Å²) in [4.78, 5) is 8.68. The van der Waals surface area contributed by atoms with Gasteiger partial charge in [0.05, 0.1) is 37.0 Å². The number of anilines is 1. The molecule has 8 nitrogen and oxygen atoms in total. The van der Waals surface area contributed by atoms with Crippen molar-refractivity contribution >= 4 is 5.69 Å². The third-order valence-corrected chi connectivity index (χ3v) is 4.69. The SMILES string of the molecule is COc1ccc2c(c1)N(N)/C(=C\N)Cc1c(C#Cc3ccc(OC)nc3)ncn1-2. The van der Waals surface area contributed by atoms with Gasteiger partial charge < -0.3 is 15.2 Å². The van der Waals surface area contributed by atoms with E-state index in [1.807, 2.05) is 28.8 Å². The summed E-state index contributed by atoms with van der Waals surface area (Å²) >= 11 is 0. The normalized spacial score (nSPS) is 13.8. The Kier molecular flexibility index (Phi) is 4.81. The van der Waals surface area contributed by atoms with Crippen molar-refractivity contribution in [2.75, 3.05) is 19.2 Å². The van der Waals surface area contributed by atoms with Crippen molar-refractivity contribution in [2.24, 2.45) is 11.6 Å². The fourth-order valence-corrected chi connectivity index (χ4v) is 3.14.